The van der Waals surface area contributed by atoms with Crippen molar-refractivity contribution in [3.8, 4) is 5.75 Å². The Labute approximate surface area is 147 Å². The summed E-state index contributed by atoms with van der Waals surface area (Å²) >= 11 is 0. The molecule has 1 saturated heterocycles. The molecule has 138 valence electrons. The molecular formula is C15H22N4O5S. The minimum Gasteiger partial charge on any atom is -0.494 e. The molecule has 0 aliphatic carbocycles. The fraction of sp³-hybridized carbons (Fsp3) is 0.467. The van der Waals surface area contributed by atoms with E-state index in [2.05, 4.69) is 15.2 Å². The lowest BCUT2D eigenvalue weighted by atomic mass is 10.2. The molecule has 1 aromatic rings. The normalized spacial score (nSPS) is 16.0. The molecule has 9 nitrogen and oxygen atoms in total. The van der Waals surface area contributed by atoms with Crippen LogP contribution in [-0.4, -0.2) is 64.3 Å². The highest BCUT2D eigenvalue weighted by molar-refractivity contribution is 7.87. The Morgan fingerprint density at radius 3 is 2.64 bits per heavy atom. The number of hydrazone groups is 1. The van der Waals surface area contributed by atoms with Crippen LogP contribution in [0.1, 0.15) is 12.5 Å². The molecule has 0 bridgehead atoms. The molecule has 0 spiro atoms. The van der Waals surface area contributed by atoms with Crippen molar-refractivity contribution in [3.63, 3.8) is 0 Å². The number of nitrogens with one attached hydrogen (secondary N) is 2. The van der Waals surface area contributed by atoms with E-state index < -0.39 is 16.1 Å². The van der Waals surface area contributed by atoms with Crippen LogP contribution in [-0.2, 0) is 19.7 Å². The molecule has 2 N–H and O–H groups in total. The van der Waals surface area contributed by atoms with Gasteiger partial charge in [0.25, 0.3) is 16.1 Å². The van der Waals surface area contributed by atoms with E-state index in [0.29, 0.717) is 19.8 Å². The summed E-state index contributed by atoms with van der Waals surface area (Å²) in [6.07, 6.45) is 1.46. The lowest BCUT2D eigenvalue weighted by Crippen LogP contribution is -2.48. The van der Waals surface area contributed by atoms with Gasteiger partial charge in [0.2, 0.25) is 0 Å². The molecule has 1 amide bonds. The number of morpholine rings is 1. The van der Waals surface area contributed by atoms with Crippen molar-refractivity contribution in [2.24, 2.45) is 5.10 Å². The number of nitrogens with zero attached hydrogens (tertiary/aromatic N) is 2. The maximum atomic E-state index is 12.0. The zero-order chi connectivity index (χ0) is 18.1. The quantitative estimate of drug-likeness (QED) is 0.482. The van der Waals surface area contributed by atoms with Crippen LogP contribution in [0.25, 0.3) is 0 Å². The lowest BCUT2D eigenvalue weighted by molar-refractivity contribution is -0.119. The third-order valence-corrected chi connectivity index (χ3v) is 4.87. The largest absolute Gasteiger partial charge is 0.494 e. The van der Waals surface area contributed by atoms with Crippen LogP contribution in [0.5, 0.6) is 5.75 Å². The molecule has 0 radical (unpaired) electrons. The van der Waals surface area contributed by atoms with E-state index >= 15 is 0 Å². The van der Waals surface area contributed by atoms with Crippen molar-refractivity contribution in [3.05, 3.63) is 29.8 Å². The van der Waals surface area contributed by atoms with Crippen molar-refractivity contribution in [1.82, 2.24) is 14.5 Å². The maximum absolute atomic E-state index is 12.0. The van der Waals surface area contributed by atoms with Gasteiger partial charge in [0.05, 0.1) is 32.6 Å². The van der Waals surface area contributed by atoms with E-state index in [-0.39, 0.29) is 19.6 Å². The van der Waals surface area contributed by atoms with Crippen molar-refractivity contribution in [2.45, 2.75) is 6.92 Å². The Morgan fingerprint density at radius 1 is 1.32 bits per heavy atom. The molecule has 0 aromatic heterocycles. The average Bonchev–Trinajstić information content (AvgIpc) is 2.63. The monoisotopic (exact) mass is 370 g/mol. The van der Waals surface area contributed by atoms with Crippen LogP contribution >= 0.6 is 0 Å². The Hall–Kier alpha value is -2.01. The standard InChI is InChI=1S/C15H22N4O5S/c1-2-24-14-5-3-13(4-6-14)11-16-18-15(20)12-17-25(21,22)19-7-9-23-10-8-19/h3-6,11,17H,2,7-10,12H2,1H3,(H,18,20)/b16-11-. The number of amides is 1. The second kappa shape index (κ2) is 9.47. The smallest absolute Gasteiger partial charge is 0.280 e. The minimum atomic E-state index is -3.69. The summed E-state index contributed by atoms with van der Waals surface area (Å²) in [4.78, 5) is 11.7. The first-order chi connectivity index (χ1) is 12.0. The van der Waals surface area contributed by atoms with Crippen LogP contribution in [0.4, 0.5) is 0 Å². The lowest BCUT2D eigenvalue weighted by Gasteiger charge is -2.25. The Balaban J connectivity index is 1.76. The highest BCUT2D eigenvalue weighted by Gasteiger charge is 2.24. The summed E-state index contributed by atoms with van der Waals surface area (Å²) < 4.78 is 37.9. The number of carbonyl (C=O) groups excluding carboxylic acids is 1. The molecule has 1 heterocycles. The number of hydrogen-bond donors (Lipinski definition) is 2. The van der Waals surface area contributed by atoms with Gasteiger partial charge in [0.15, 0.2) is 0 Å². The van der Waals surface area contributed by atoms with Gasteiger partial charge in [-0.05, 0) is 36.8 Å². The van der Waals surface area contributed by atoms with Gasteiger partial charge >= 0.3 is 0 Å². The van der Waals surface area contributed by atoms with E-state index in [0.717, 1.165) is 11.3 Å². The summed E-state index contributed by atoms with van der Waals surface area (Å²) in [5.74, 6) is 0.195. The minimum absolute atomic E-state index is 0.271. The zero-order valence-electron chi connectivity index (χ0n) is 14.0. The van der Waals surface area contributed by atoms with Crippen LogP contribution < -0.4 is 14.9 Å². The van der Waals surface area contributed by atoms with Crippen LogP contribution in [0.2, 0.25) is 0 Å². The predicted octanol–water partition coefficient (Wildman–Crippen LogP) is -0.298. The molecule has 0 atom stereocenters. The summed E-state index contributed by atoms with van der Waals surface area (Å²) in [6, 6.07) is 7.18. The van der Waals surface area contributed by atoms with Gasteiger partial charge in [0, 0.05) is 13.1 Å². The van der Waals surface area contributed by atoms with Crippen LogP contribution in [0.3, 0.4) is 0 Å². The van der Waals surface area contributed by atoms with Gasteiger partial charge < -0.3 is 9.47 Å². The van der Waals surface area contributed by atoms with Crippen molar-refractivity contribution < 1.29 is 22.7 Å². The number of hydrogen-bond acceptors (Lipinski definition) is 6. The third-order valence-electron chi connectivity index (χ3n) is 3.32. The first kappa shape index (κ1) is 19.3. The average molecular weight is 370 g/mol. The molecule has 2 rings (SSSR count). The highest BCUT2D eigenvalue weighted by atomic mass is 32.2. The SMILES string of the molecule is CCOc1ccc(/C=N\NC(=O)CNS(=O)(=O)N2CCOCC2)cc1. The third kappa shape index (κ3) is 6.42. The Bertz CT molecular complexity index is 684. The summed E-state index contributed by atoms with van der Waals surface area (Å²) in [6.45, 7) is 3.33. The number of benzene rings is 1. The fourth-order valence-corrected chi connectivity index (χ4v) is 3.20. The van der Waals surface area contributed by atoms with Gasteiger partial charge in [-0.2, -0.15) is 22.5 Å². The van der Waals surface area contributed by atoms with Gasteiger partial charge in [-0.15, -0.1) is 0 Å². The molecule has 1 fully saturated rings. The topological polar surface area (TPSA) is 109 Å². The van der Waals surface area contributed by atoms with Crippen molar-refractivity contribution in [1.29, 1.82) is 0 Å². The second-order valence-corrected chi connectivity index (χ2v) is 6.89. The summed E-state index contributed by atoms with van der Waals surface area (Å²) in [5, 5.41) is 3.80. The first-order valence-electron chi connectivity index (χ1n) is 7.88. The molecule has 0 saturated carbocycles. The molecule has 25 heavy (non-hydrogen) atoms. The van der Waals surface area contributed by atoms with Gasteiger partial charge in [-0.3, -0.25) is 4.79 Å². The number of ether oxygens (including phenoxy) is 2. The fourth-order valence-electron chi connectivity index (χ4n) is 2.07. The van der Waals surface area contributed by atoms with Crippen LogP contribution in [0.15, 0.2) is 29.4 Å². The van der Waals surface area contributed by atoms with E-state index in [9.17, 15) is 13.2 Å². The highest BCUT2D eigenvalue weighted by Crippen LogP contribution is 2.10. The van der Waals surface area contributed by atoms with Gasteiger partial charge in [-0.1, -0.05) is 0 Å². The molecule has 1 aromatic carbocycles. The molecule has 0 unspecified atom stereocenters. The van der Waals surface area contributed by atoms with Crippen LogP contribution in [0, 0.1) is 0 Å². The first-order valence-corrected chi connectivity index (χ1v) is 9.32. The molecular weight excluding hydrogens is 348 g/mol. The summed E-state index contributed by atoms with van der Waals surface area (Å²) in [5.41, 5.74) is 3.05. The van der Waals surface area contributed by atoms with Crippen molar-refractivity contribution >= 4 is 22.3 Å². The second-order valence-electron chi connectivity index (χ2n) is 5.13. The van der Waals surface area contributed by atoms with E-state index in [1.807, 2.05) is 6.92 Å². The molecule has 1 aliphatic heterocycles. The van der Waals surface area contributed by atoms with E-state index in [1.54, 1.807) is 24.3 Å². The van der Waals surface area contributed by atoms with E-state index in [4.69, 9.17) is 9.47 Å². The zero-order valence-corrected chi connectivity index (χ0v) is 14.8. The number of rotatable bonds is 8. The van der Waals surface area contributed by atoms with Crippen molar-refractivity contribution in [2.75, 3.05) is 39.5 Å². The maximum Gasteiger partial charge on any atom is 0.280 e. The van der Waals surface area contributed by atoms with E-state index in [1.165, 1.54) is 10.5 Å². The van der Waals surface area contributed by atoms with Gasteiger partial charge in [0.1, 0.15) is 5.75 Å². The predicted molar refractivity (Wildman–Crippen MR) is 92.7 cm³/mol. The molecule has 10 heteroatoms. The Morgan fingerprint density at radius 2 is 2.00 bits per heavy atom. The summed E-state index contributed by atoms with van der Waals surface area (Å²) in [7, 11) is -3.69. The molecule has 1 aliphatic rings. The number of carbonyl (C=O) groups is 1. The van der Waals surface area contributed by atoms with Gasteiger partial charge in [-0.25, -0.2) is 5.43 Å². The Kier molecular flexibility index (Phi) is 7.31.